The van der Waals surface area contributed by atoms with Gasteiger partial charge in [0.1, 0.15) is 0 Å². The van der Waals surface area contributed by atoms with Crippen molar-refractivity contribution in [2.75, 3.05) is 12.4 Å². The van der Waals surface area contributed by atoms with E-state index in [0.717, 1.165) is 17.7 Å². The molecular formula is C14H22N2O. The van der Waals surface area contributed by atoms with Gasteiger partial charge in [0.2, 0.25) is 0 Å². The molecule has 0 aromatic heterocycles. The second-order valence-electron chi connectivity index (χ2n) is 4.97. The zero-order chi connectivity index (χ0) is 13.1. The number of anilines is 1. The van der Waals surface area contributed by atoms with Crippen molar-refractivity contribution in [1.82, 2.24) is 5.32 Å². The Kier molecular flexibility index (Phi) is 4.16. The van der Waals surface area contributed by atoms with E-state index < -0.39 is 0 Å². The van der Waals surface area contributed by atoms with Crippen LogP contribution < -0.4 is 10.6 Å². The van der Waals surface area contributed by atoms with E-state index in [1.165, 1.54) is 0 Å². The monoisotopic (exact) mass is 234 g/mol. The first-order valence-corrected chi connectivity index (χ1v) is 6.00. The van der Waals surface area contributed by atoms with Gasteiger partial charge in [-0.15, -0.1) is 0 Å². The molecule has 1 amide bonds. The van der Waals surface area contributed by atoms with Crippen LogP contribution >= 0.6 is 0 Å². The molecule has 17 heavy (non-hydrogen) atoms. The first-order chi connectivity index (χ1) is 7.89. The smallest absolute Gasteiger partial charge is 0.251 e. The highest BCUT2D eigenvalue weighted by molar-refractivity contribution is 5.95. The fourth-order valence-electron chi connectivity index (χ4n) is 1.55. The van der Waals surface area contributed by atoms with Gasteiger partial charge in [0.05, 0.1) is 0 Å². The Morgan fingerprint density at radius 1 is 1.35 bits per heavy atom. The van der Waals surface area contributed by atoms with Gasteiger partial charge in [-0.1, -0.05) is 6.92 Å². The third-order valence-electron chi connectivity index (χ3n) is 3.09. The Morgan fingerprint density at radius 2 is 2.00 bits per heavy atom. The summed E-state index contributed by atoms with van der Waals surface area (Å²) in [5.74, 6) is -0.0115. The summed E-state index contributed by atoms with van der Waals surface area (Å²) >= 11 is 0. The number of carbonyl (C=O) groups excluding carboxylic acids is 1. The second kappa shape index (κ2) is 5.21. The van der Waals surface area contributed by atoms with Crippen molar-refractivity contribution in [2.24, 2.45) is 0 Å². The average molecular weight is 234 g/mol. The van der Waals surface area contributed by atoms with Gasteiger partial charge in [0, 0.05) is 23.8 Å². The molecule has 94 valence electrons. The molecule has 0 aliphatic carbocycles. The predicted molar refractivity (Wildman–Crippen MR) is 72.6 cm³/mol. The van der Waals surface area contributed by atoms with Crippen LogP contribution in [-0.2, 0) is 0 Å². The van der Waals surface area contributed by atoms with E-state index in [1.54, 1.807) is 0 Å². The Hall–Kier alpha value is -1.51. The summed E-state index contributed by atoms with van der Waals surface area (Å²) in [6.45, 7) is 8.11. The molecule has 0 aliphatic rings. The molecule has 1 aromatic carbocycles. The molecule has 3 nitrogen and oxygen atoms in total. The van der Waals surface area contributed by atoms with Crippen LogP contribution in [0.2, 0.25) is 0 Å². The first-order valence-electron chi connectivity index (χ1n) is 6.00. The first kappa shape index (κ1) is 13.6. The van der Waals surface area contributed by atoms with Crippen LogP contribution in [0, 0.1) is 6.92 Å². The number of aryl methyl sites for hydroxylation is 1. The lowest BCUT2D eigenvalue weighted by Gasteiger charge is -2.24. The molecule has 0 bridgehead atoms. The Bertz CT molecular complexity index is 411. The van der Waals surface area contributed by atoms with Gasteiger partial charge >= 0.3 is 0 Å². The molecule has 0 heterocycles. The summed E-state index contributed by atoms with van der Waals surface area (Å²) < 4.78 is 0. The summed E-state index contributed by atoms with van der Waals surface area (Å²) in [7, 11) is 1.88. The largest absolute Gasteiger partial charge is 0.388 e. The van der Waals surface area contributed by atoms with E-state index in [-0.39, 0.29) is 11.4 Å². The molecule has 0 fully saturated rings. The molecule has 0 atom stereocenters. The van der Waals surface area contributed by atoms with Crippen LogP contribution in [0.4, 0.5) is 5.69 Å². The van der Waals surface area contributed by atoms with E-state index in [9.17, 15) is 4.79 Å². The number of nitrogens with one attached hydrogen (secondary N) is 2. The van der Waals surface area contributed by atoms with Gasteiger partial charge in [-0.25, -0.2) is 0 Å². The maximum absolute atomic E-state index is 12.0. The third-order valence-corrected chi connectivity index (χ3v) is 3.09. The van der Waals surface area contributed by atoms with E-state index >= 15 is 0 Å². The van der Waals surface area contributed by atoms with Gasteiger partial charge in [0.25, 0.3) is 5.91 Å². The van der Waals surface area contributed by atoms with Gasteiger partial charge in [-0.3, -0.25) is 4.79 Å². The number of benzene rings is 1. The summed E-state index contributed by atoms with van der Waals surface area (Å²) in [5, 5.41) is 6.12. The molecule has 0 aliphatic heterocycles. The van der Waals surface area contributed by atoms with Gasteiger partial charge in [0.15, 0.2) is 0 Å². The van der Waals surface area contributed by atoms with Gasteiger partial charge in [-0.05, 0) is 51.0 Å². The van der Waals surface area contributed by atoms with Crippen molar-refractivity contribution in [3.05, 3.63) is 29.3 Å². The minimum absolute atomic E-state index is 0.0115. The maximum Gasteiger partial charge on any atom is 0.251 e. The average Bonchev–Trinajstić information content (AvgIpc) is 2.28. The second-order valence-corrected chi connectivity index (χ2v) is 4.97. The van der Waals surface area contributed by atoms with Crippen molar-refractivity contribution in [1.29, 1.82) is 0 Å². The Balaban J connectivity index is 2.87. The molecule has 1 rings (SSSR count). The topological polar surface area (TPSA) is 41.1 Å². The van der Waals surface area contributed by atoms with Crippen molar-refractivity contribution in [2.45, 2.75) is 39.7 Å². The molecular weight excluding hydrogens is 212 g/mol. The standard InChI is InChI=1S/C14H22N2O/c1-6-14(3,4)16-13(17)11-7-8-12(15-5)10(2)9-11/h7-9,15H,6H2,1-5H3,(H,16,17). The van der Waals surface area contributed by atoms with Crippen molar-refractivity contribution in [3.63, 3.8) is 0 Å². The van der Waals surface area contributed by atoms with Crippen molar-refractivity contribution >= 4 is 11.6 Å². The normalized spacial score (nSPS) is 11.1. The van der Waals surface area contributed by atoms with Crippen LogP contribution in [0.1, 0.15) is 43.1 Å². The molecule has 2 N–H and O–H groups in total. The van der Waals surface area contributed by atoms with Gasteiger partial charge < -0.3 is 10.6 Å². The summed E-state index contributed by atoms with van der Waals surface area (Å²) in [5.41, 5.74) is 2.68. The SMILES string of the molecule is CCC(C)(C)NC(=O)c1ccc(NC)c(C)c1. The highest BCUT2D eigenvalue weighted by Crippen LogP contribution is 2.16. The van der Waals surface area contributed by atoms with E-state index in [4.69, 9.17) is 0 Å². The lowest BCUT2D eigenvalue weighted by molar-refractivity contribution is 0.0911. The van der Waals surface area contributed by atoms with Crippen LogP contribution in [0.15, 0.2) is 18.2 Å². The molecule has 1 aromatic rings. The Labute approximate surface area is 104 Å². The van der Waals surface area contributed by atoms with Crippen LogP contribution in [-0.4, -0.2) is 18.5 Å². The van der Waals surface area contributed by atoms with Crippen LogP contribution in [0.25, 0.3) is 0 Å². The highest BCUT2D eigenvalue weighted by Gasteiger charge is 2.18. The summed E-state index contributed by atoms with van der Waals surface area (Å²) in [4.78, 5) is 12.0. The highest BCUT2D eigenvalue weighted by atomic mass is 16.1. The number of amides is 1. The minimum Gasteiger partial charge on any atom is -0.388 e. The van der Waals surface area contributed by atoms with Crippen LogP contribution in [0.5, 0.6) is 0 Å². The van der Waals surface area contributed by atoms with Gasteiger partial charge in [-0.2, -0.15) is 0 Å². The minimum atomic E-state index is -0.160. The summed E-state index contributed by atoms with van der Waals surface area (Å²) in [6.07, 6.45) is 0.909. The zero-order valence-corrected chi connectivity index (χ0v) is 11.3. The van der Waals surface area contributed by atoms with Crippen LogP contribution in [0.3, 0.4) is 0 Å². The van der Waals surface area contributed by atoms with E-state index in [2.05, 4.69) is 17.6 Å². The lowest BCUT2D eigenvalue weighted by Crippen LogP contribution is -2.42. The van der Waals surface area contributed by atoms with E-state index in [1.807, 2.05) is 46.0 Å². The number of hydrogen-bond acceptors (Lipinski definition) is 2. The Morgan fingerprint density at radius 3 is 2.47 bits per heavy atom. The van der Waals surface area contributed by atoms with E-state index in [0.29, 0.717) is 5.56 Å². The molecule has 0 unspecified atom stereocenters. The number of carbonyl (C=O) groups is 1. The third kappa shape index (κ3) is 3.48. The van der Waals surface area contributed by atoms with Crippen molar-refractivity contribution < 1.29 is 4.79 Å². The fourth-order valence-corrected chi connectivity index (χ4v) is 1.55. The predicted octanol–water partition coefficient (Wildman–Crippen LogP) is 2.96. The molecule has 0 saturated heterocycles. The fraction of sp³-hybridized carbons (Fsp3) is 0.500. The van der Waals surface area contributed by atoms with Crippen molar-refractivity contribution in [3.8, 4) is 0 Å². The molecule has 0 radical (unpaired) electrons. The molecule has 0 spiro atoms. The summed E-state index contributed by atoms with van der Waals surface area (Å²) in [6, 6.07) is 5.69. The lowest BCUT2D eigenvalue weighted by atomic mass is 10.0. The number of hydrogen-bond donors (Lipinski definition) is 2. The molecule has 3 heteroatoms. The quantitative estimate of drug-likeness (QED) is 0.841. The zero-order valence-electron chi connectivity index (χ0n) is 11.3. The number of rotatable bonds is 4. The molecule has 0 saturated carbocycles. The maximum atomic E-state index is 12.0.